The molecule has 3 heterocycles. The molecule has 0 saturated carbocycles. The van der Waals surface area contributed by atoms with E-state index in [0.29, 0.717) is 43.8 Å². The molecule has 2 N–H and O–H groups in total. The molecule has 15 heteroatoms. The van der Waals surface area contributed by atoms with Crippen LogP contribution in [0, 0.1) is 0 Å². The highest BCUT2D eigenvalue weighted by Crippen LogP contribution is 2.36. The van der Waals surface area contributed by atoms with Gasteiger partial charge in [-0.15, -0.1) is 0 Å². The smallest absolute Gasteiger partial charge is 0.381 e. The summed E-state index contributed by atoms with van der Waals surface area (Å²) < 4.78 is 85.5. The number of nitrogens with one attached hydrogen (secondary N) is 2. The normalized spacial score (nSPS) is 15.6. The molecular formula is C24H22F6N6O3. The number of rotatable bonds is 6. The van der Waals surface area contributed by atoms with E-state index in [0.717, 1.165) is 6.33 Å². The molecule has 0 aliphatic carbocycles. The van der Waals surface area contributed by atoms with Crippen LogP contribution in [0.2, 0.25) is 0 Å². The molecule has 39 heavy (non-hydrogen) atoms. The van der Waals surface area contributed by atoms with Gasteiger partial charge < -0.3 is 15.4 Å². The molecule has 9 nitrogen and oxygen atoms in total. The van der Waals surface area contributed by atoms with Crippen molar-refractivity contribution in [2.24, 2.45) is 0 Å². The SMILES string of the molecule is C[C@H](NC(=O)c1cc(C(F)(F)F)cc(C(F)(F)F)c1)c1ncnn1-c1ccc(C(=O)NC2CCOCC2)cn1. The molecule has 0 unspecified atom stereocenters. The van der Waals surface area contributed by atoms with Crippen molar-refractivity contribution < 1.29 is 40.7 Å². The van der Waals surface area contributed by atoms with Crippen LogP contribution >= 0.6 is 0 Å². The second-order valence-corrected chi connectivity index (χ2v) is 8.78. The standard InChI is InChI=1S/C24H22F6N6O3/c1-13(34-22(38)15-8-16(23(25,26)27)10-17(9-15)24(28,29)30)20-32-12-33-36(20)19-3-2-14(11-31-19)21(37)35-18-4-6-39-7-5-18/h2-3,8-13,18H,4-7H2,1H3,(H,34,38)(H,35,37)/t13-/m0/s1. The maximum absolute atomic E-state index is 13.2. The Balaban J connectivity index is 1.50. The number of alkyl halides is 6. The van der Waals surface area contributed by atoms with Gasteiger partial charge in [0, 0.05) is 31.0 Å². The van der Waals surface area contributed by atoms with E-state index < -0.39 is 41.0 Å². The van der Waals surface area contributed by atoms with Gasteiger partial charge in [0.1, 0.15) is 6.33 Å². The Morgan fingerprint density at radius 3 is 2.15 bits per heavy atom. The van der Waals surface area contributed by atoms with Crippen molar-refractivity contribution in [1.29, 1.82) is 0 Å². The summed E-state index contributed by atoms with van der Waals surface area (Å²) in [7, 11) is 0. The minimum absolute atomic E-state index is 0.0126. The summed E-state index contributed by atoms with van der Waals surface area (Å²) in [6.45, 7) is 2.54. The van der Waals surface area contributed by atoms with E-state index in [1.165, 1.54) is 29.9 Å². The number of hydrogen-bond acceptors (Lipinski definition) is 6. The third-order valence-electron chi connectivity index (χ3n) is 5.94. The Morgan fingerprint density at radius 2 is 1.59 bits per heavy atom. The number of halogens is 6. The minimum atomic E-state index is -5.10. The monoisotopic (exact) mass is 556 g/mol. The van der Waals surface area contributed by atoms with E-state index in [2.05, 4.69) is 25.7 Å². The number of benzene rings is 1. The molecule has 2 amide bonds. The van der Waals surface area contributed by atoms with Crippen LogP contribution in [0.15, 0.2) is 42.9 Å². The maximum atomic E-state index is 13.2. The van der Waals surface area contributed by atoms with Crippen molar-refractivity contribution in [3.63, 3.8) is 0 Å². The van der Waals surface area contributed by atoms with Crippen molar-refractivity contribution in [3.05, 3.63) is 70.9 Å². The van der Waals surface area contributed by atoms with Gasteiger partial charge in [-0.25, -0.2) is 9.97 Å². The Bertz CT molecular complexity index is 1300. The summed E-state index contributed by atoms with van der Waals surface area (Å²) in [6.07, 6.45) is -6.34. The number of aromatic nitrogens is 4. The molecule has 1 atom stereocenters. The first kappa shape index (κ1) is 28.0. The lowest BCUT2D eigenvalue weighted by Gasteiger charge is -2.23. The van der Waals surface area contributed by atoms with Crippen molar-refractivity contribution >= 4 is 11.8 Å². The molecule has 4 rings (SSSR count). The fourth-order valence-electron chi connectivity index (χ4n) is 3.91. The van der Waals surface area contributed by atoms with E-state index in [1.807, 2.05) is 0 Å². The van der Waals surface area contributed by atoms with E-state index in [-0.39, 0.29) is 29.7 Å². The lowest BCUT2D eigenvalue weighted by atomic mass is 10.0. The Kier molecular flexibility index (Phi) is 7.90. The van der Waals surface area contributed by atoms with Crippen molar-refractivity contribution in [1.82, 2.24) is 30.4 Å². The average molecular weight is 556 g/mol. The number of pyridine rings is 1. The second-order valence-electron chi connectivity index (χ2n) is 8.78. The van der Waals surface area contributed by atoms with Crippen molar-refractivity contribution in [2.75, 3.05) is 13.2 Å². The zero-order chi connectivity index (χ0) is 28.4. The second kappa shape index (κ2) is 11.0. The van der Waals surface area contributed by atoms with Crippen molar-refractivity contribution in [2.45, 2.75) is 44.2 Å². The molecule has 1 fully saturated rings. The predicted molar refractivity (Wildman–Crippen MR) is 123 cm³/mol. The zero-order valence-corrected chi connectivity index (χ0v) is 20.3. The molecule has 0 spiro atoms. The fourth-order valence-corrected chi connectivity index (χ4v) is 3.91. The Morgan fingerprint density at radius 1 is 0.949 bits per heavy atom. The van der Waals surface area contributed by atoms with Crippen LogP contribution in [0.3, 0.4) is 0 Å². The summed E-state index contributed by atoms with van der Waals surface area (Å²) in [5.41, 5.74) is -3.75. The molecule has 0 radical (unpaired) electrons. The number of nitrogens with zero attached hydrogens (tertiary/aromatic N) is 4. The van der Waals surface area contributed by atoms with Crippen LogP contribution in [0.4, 0.5) is 26.3 Å². The molecule has 1 aliphatic heterocycles. The average Bonchev–Trinajstić information content (AvgIpc) is 3.38. The highest BCUT2D eigenvalue weighted by molar-refractivity contribution is 5.95. The summed E-state index contributed by atoms with van der Waals surface area (Å²) in [5, 5.41) is 9.27. The van der Waals surface area contributed by atoms with Gasteiger partial charge in [-0.3, -0.25) is 9.59 Å². The van der Waals surface area contributed by atoms with E-state index >= 15 is 0 Å². The zero-order valence-electron chi connectivity index (χ0n) is 20.3. The first-order chi connectivity index (χ1) is 18.3. The van der Waals surface area contributed by atoms with Gasteiger partial charge in [-0.1, -0.05) is 0 Å². The molecule has 1 saturated heterocycles. The van der Waals surface area contributed by atoms with Gasteiger partial charge in [0.05, 0.1) is 22.7 Å². The molecule has 208 valence electrons. The third-order valence-corrected chi connectivity index (χ3v) is 5.94. The molecule has 0 bridgehead atoms. The number of amides is 2. The van der Waals surface area contributed by atoms with Crippen LogP contribution in [0.1, 0.15) is 63.5 Å². The number of carbonyl (C=O) groups is 2. The van der Waals surface area contributed by atoms with Gasteiger partial charge >= 0.3 is 12.4 Å². The van der Waals surface area contributed by atoms with Gasteiger partial charge in [0.25, 0.3) is 11.8 Å². The van der Waals surface area contributed by atoms with E-state index in [1.54, 1.807) is 0 Å². The van der Waals surface area contributed by atoms with Gasteiger partial charge in [-0.05, 0) is 50.1 Å². The van der Waals surface area contributed by atoms with E-state index in [4.69, 9.17) is 4.74 Å². The summed E-state index contributed by atoms with van der Waals surface area (Å²) >= 11 is 0. The molecule has 1 aromatic carbocycles. The highest BCUT2D eigenvalue weighted by atomic mass is 19.4. The number of ether oxygens (including phenoxy) is 1. The Hall–Kier alpha value is -4.01. The number of carbonyl (C=O) groups excluding carboxylic acids is 2. The first-order valence-electron chi connectivity index (χ1n) is 11.7. The molecule has 1 aliphatic rings. The van der Waals surface area contributed by atoms with Crippen LogP contribution in [0.25, 0.3) is 5.82 Å². The fraction of sp³-hybridized carbons (Fsp3) is 0.375. The van der Waals surface area contributed by atoms with E-state index in [9.17, 15) is 35.9 Å². The topological polar surface area (TPSA) is 111 Å². The van der Waals surface area contributed by atoms with Crippen LogP contribution < -0.4 is 10.6 Å². The molecule has 2 aromatic heterocycles. The van der Waals surface area contributed by atoms with Crippen LogP contribution in [-0.2, 0) is 17.1 Å². The van der Waals surface area contributed by atoms with Crippen LogP contribution in [-0.4, -0.2) is 50.8 Å². The molecule has 3 aromatic rings. The Labute approximate surface area is 217 Å². The first-order valence-corrected chi connectivity index (χ1v) is 11.7. The summed E-state index contributed by atoms with van der Waals surface area (Å²) in [6, 6.07) is 2.60. The predicted octanol–water partition coefficient (Wildman–Crippen LogP) is 4.10. The largest absolute Gasteiger partial charge is 0.416 e. The quantitative estimate of drug-likeness (QED) is 0.443. The van der Waals surface area contributed by atoms with Crippen molar-refractivity contribution in [3.8, 4) is 5.82 Å². The summed E-state index contributed by atoms with van der Waals surface area (Å²) in [4.78, 5) is 33.4. The third kappa shape index (κ3) is 6.71. The lowest BCUT2D eigenvalue weighted by Crippen LogP contribution is -2.38. The number of hydrogen-bond donors (Lipinski definition) is 2. The van der Waals surface area contributed by atoms with Gasteiger partial charge in [-0.2, -0.15) is 36.1 Å². The lowest BCUT2D eigenvalue weighted by molar-refractivity contribution is -0.143. The molecular weight excluding hydrogens is 534 g/mol. The highest BCUT2D eigenvalue weighted by Gasteiger charge is 2.37. The van der Waals surface area contributed by atoms with Crippen LogP contribution in [0.5, 0.6) is 0 Å². The van der Waals surface area contributed by atoms with Gasteiger partial charge in [0.2, 0.25) is 0 Å². The van der Waals surface area contributed by atoms with Gasteiger partial charge in [0.15, 0.2) is 11.6 Å². The maximum Gasteiger partial charge on any atom is 0.416 e. The summed E-state index contributed by atoms with van der Waals surface area (Å²) in [5.74, 6) is -1.19. The minimum Gasteiger partial charge on any atom is -0.381 e.